The Balaban J connectivity index is 2.43. The van der Waals surface area contributed by atoms with Crippen LogP contribution in [0.4, 0.5) is 4.39 Å². The number of aromatic nitrogens is 1. The molecule has 18 heavy (non-hydrogen) atoms. The molecule has 94 valence electrons. The Morgan fingerprint density at radius 1 is 1.33 bits per heavy atom. The molecule has 1 aromatic carbocycles. The van der Waals surface area contributed by atoms with Gasteiger partial charge in [0.15, 0.2) is 5.78 Å². The van der Waals surface area contributed by atoms with Crippen molar-refractivity contribution < 1.29 is 19.1 Å². The molecule has 2 N–H and O–H groups in total. The highest BCUT2D eigenvalue weighted by Gasteiger charge is 2.17. The molecule has 0 aliphatic heterocycles. The van der Waals surface area contributed by atoms with Crippen molar-refractivity contribution in [1.29, 1.82) is 0 Å². The Bertz CT molecular complexity index is 630. The van der Waals surface area contributed by atoms with Crippen molar-refractivity contribution >= 4 is 22.7 Å². The Kier molecular flexibility index (Phi) is 3.14. The predicted molar refractivity (Wildman–Crippen MR) is 64.2 cm³/mol. The first-order valence-corrected chi connectivity index (χ1v) is 5.52. The largest absolute Gasteiger partial charge is 0.481 e. The third-order valence-electron chi connectivity index (χ3n) is 2.79. The van der Waals surface area contributed by atoms with Crippen molar-refractivity contribution in [3.63, 3.8) is 0 Å². The number of hydrogen-bond donors (Lipinski definition) is 2. The summed E-state index contributed by atoms with van der Waals surface area (Å²) in [6.45, 7) is 1.71. The number of aryl methyl sites for hydroxylation is 1. The van der Waals surface area contributed by atoms with Crippen LogP contribution in [-0.4, -0.2) is 21.8 Å². The van der Waals surface area contributed by atoms with E-state index < -0.39 is 11.8 Å². The van der Waals surface area contributed by atoms with Gasteiger partial charge in [-0.1, -0.05) is 0 Å². The fourth-order valence-corrected chi connectivity index (χ4v) is 2.00. The van der Waals surface area contributed by atoms with Crippen LogP contribution in [0.3, 0.4) is 0 Å². The van der Waals surface area contributed by atoms with Gasteiger partial charge in [-0.2, -0.15) is 0 Å². The van der Waals surface area contributed by atoms with Crippen LogP contribution in [0.2, 0.25) is 0 Å². The van der Waals surface area contributed by atoms with E-state index in [0.717, 1.165) is 0 Å². The van der Waals surface area contributed by atoms with Crippen LogP contribution < -0.4 is 0 Å². The minimum absolute atomic E-state index is 0.0837. The Morgan fingerprint density at radius 2 is 2.06 bits per heavy atom. The number of carboxylic acid groups (broad SMARTS) is 1. The smallest absolute Gasteiger partial charge is 0.303 e. The number of carboxylic acids is 1. The number of H-pyrrole nitrogens is 1. The van der Waals surface area contributed by atoms with Gasteiger partial charge >= 0.3 is 5.97 Å². The van der Waals surface area contributed by atoms with E-state index in [4.69, 9.17) is 5.11 Å². The highest BCUT2D eigenvalue weighted by Crippen LogP contribution is 2.24. The molecule has 2 rings (SSSR count). The molecular formula is C13H12FNO3. The number of Topliss-reactive ketones (excluding diaryl/α,β-unsaturated/α-hetero) is 1. The van der Waals surface area contributed by atoms with Crippen molar-refractivity contribution in [3.8, 4) is 0 Å². The lowest BCUT2D eigenvalue weighted by Crippen LogP contribution is -2.04. The Hall–Kier alpha value is -2.17. The molecular weight excluding hydrogens is 237 g/mol. The van der Waals surface area contributed by atoms with Crippen molar-refractivity contribution in [3.05, 3.63) is 35.3 Å². The van der Waals surface area contributed by atoms with E-state index in [1.165, 1.54) is 12.1 Å². The van der Waals surface area contributed by atoms with Gasteiger partial charge in [0.25, 0.3) is 0 Å². The van der Waals surface area contributed by atoms with E-state index >= 15 is 0 Å². The number of aliphatic carboxylic acids is 1. The van der Waals surface area contributed by atoms with E-state index in [9.17, 15) is 14.0 Å². The molecule has 0 saturated carbocycles. The van der Waals surface area contributed by atoms with Gasteiger partial charge in [0.1, 0.15) is 5.82 Å². The zero-order valence-electron chi connectivity index (χ0n) is 9.79. The number of carbonyl (C=O) groups excluding carboxylic acids is 1. The number of ketones is 1. The third kappa shape index (κ3) is 2.25. The molecule has 4 nitrogen and oxygen atoms in total. The molecule has 1 heterocycles. The van der Waals surface area contributed by atoms with Gasteiger partial charge < -0.3 is 10.1 Å². The standard InChI is InChI=1S/C13H12FNO3/c1-7-13(11(16)4-5-12(17)18)9-6-8(14)2-3-10(9)15-7/h2-3,6,15H,4-5H2,1H3,(H,17,18). The van der Waals surface area contributed by atoms with Crippen LogP contribution in [0.15, 0.2) is 18.2 Å². The van der Waals surface area contributed by atoms with Crippen LogP contribution in [0.5, 0.6) is 0 Å². The lowest BCUT2D eigenvalue weighted by molar-refractivity contribution is -0.136. The fourth-order valence-electron chi connectivity index (χ4n) is 2.00. The number of benzene rings is 1. The SMILES string of the molecule is Cc1[nH]c2ccc(F)cc2c1C(=O)CCC(=O)O. The average Bonchev–Trinajstić information content (AvgIpc) is 2.61. The van der Waals surface area contributed by atoms with Crippen LogP contribution in [0, 0.1) is 12.7 Å². The highest BCUT2D eigenvalue weighted by molar-refractivity contribution is 6.09. The second-order valence-corrected chi connectivity index (χ2v) is 4.13. The maximum Gasteiger partial charge on any atom is 0.303 e. The molecule has 0 atom stereocenters. The number of fused-ring (bicyclic) bond motifs is 1. The van der Waals surface area contributed by atoms with Gasteiger partial charge in [0.2, 0.25) is 0 Å². The van der Waals surface area contributed by atoms with Gasteiger partial charge in [-0.15, -0.1) is 0 Å². The normalized spacial score (nSPS) is 10.8. The number of halogens is 1. The van der Waals surface area contributed by atoms with Crippen LogP contribution in [0.1, 0.15) is 28.9 Å². The molecule has 0 spiro atoms. The summed E-state index contributed by atoms with van der Waals surface area (Å²) in [6, 6.07) is 4.16. The minimum Gasteiger partial charge on any atom is -0.481 e. The van der Waals surface area contributed by atoms with E-state index in [1.807, 2.05) is 0 Å². The fraction of sp³-hybridized carbons (Fsp3) is 0.231. The van der Waals surface area contributed by atoms with Gasteiger partial charge in [0.05, 0.1) is 6.42 Å². The highest BCUT2D eigenvalue weighted by atomic mass is 19.1. The second kappa shape index (κ2) is 4.60. The summed E-state index contributed by atoms with van der Waals surface area (Å²) in [7, 11) is 0. The minimum atomic E-state index is -1.02. The third-order valence-corrected chi connectivity index (χ3v) is 2.79. The predicted octanol–water partition coefficient (Wildman–Crippen LogP) is 2.66. The van der Waals surface area contributed by atoms with E-state index in [-0.39, 0.29) is 18.6 Å². The first kappa shape index (κ1) is 12.3. The molecule has 0 aliphatic carbocycles. The first-order valence-electron chi connectivity index (χ1n) is 5.52. The van der Waals surface area contributed by atoms with E-state index in [1.54, 1.807) is 13.0 Å². The molecule has 0 unspecified atom stereocenters. The first-order chi connectivity index (χ1) is 8.49. The topological polar surface area (TPSA) is 70.2 Å². The van der Waals surface area contributed by atoms with E-state index in [2.05, 4.69) is 4.98 Å². The maximum atomic E-state index is 13.2. The van der Waals surface area contributed by atoms with Gasteiger partial charge in [-0.3, -0.25) is 9.59 Å². The average molecular weight is 249 g/mol. The summed E-state index contributed by atoms with van der Waals surface area (Å²) in [5.41, 5.74) is 1.68. The number of aromatic amines is 1. The van der Waals surface area contributed by atoms with Gasteiger partial charge in [-0.25, -0.2) is 4.39 Å². The Labute approximate surface area is 102 Å². The zero-order valence-corrected chi connectivity index (χ0v) is 9.79. The molecule has 0 fully saturated rings. The van der Waals surface area contributed by atoms with E-state index in [0.29, 0.717) is 22.2 Å². The van der Waals surface area contributed by atoms with Crippen molar-refractivity contribution in [2.24, 2.45) is 0 Å². The molecule has 0 aliphatic rings. The summed E-state index contributed by atoms with van der Waals surface area (Å²) in [5, 5.41) is 9.07. The molecule has 1 aromatic heterocycles. The van der Waals surface area contributed by atoms with Crippen molar-refractivity contribution in [2.75, 3.05) is 0 Å². The quantitative estimate of drug-likeness (QED) is 0.818. The van der Waals surface area contributed by atoms with Crippen molar-refractivity contribution in [1.82, 2.24) is 4.98 Å². The van der Waals surface area contributed by atoms with Gasteiger partial charge in [0, 0.05) is 28.6 Å². The number of nitrogens with one attached hydrogen (secondary N) is 1. The summed E-state index contributed by atoms with van der Waals surface area (Å²) >= 11 is 0. The lowest BCUT2D eigenvalue weighted by Gasteiger charge is -1.99. The Morgan fingerprint density at radius 3 is 2.72 bits per heavy atom. The maximum absolute atomic E-state index is 13.2. The summed E-state index contributed by atoms with van der Waals surface area (Å²) in [5.74, 6) is -1.73. The summed E-state index contributed by atoms with van der Waals surface area (Å²) in [4.78, 5) is 25.4. The molecule has 0 saturated heterocycles. The molecule has 0 bridgehead atoms. The monoisotopic (exact) mass is 249 g/mol. The number of hydrogen-bond acceptors (Lipinski definition) is 2. The second-order valence-electron chi connectivity index (χ2n) is 4.13. The summed E-state index contributed by atoms with van der Waals surface area (Å²) < 4.78 is 13.2. The molecule has 0 amide bonds. The van der Waals surface area contributed by atoms with Crippen LogP contribution in [-0.2, 0) is 4.79 Å². The lowest BCUT2D eigenvalue weighted by atomic mass is 10.0. The number of carbonyl (C=O) groups is 2. The molecule has 0 radical (unpaired) electrons. The molecule has 2 aromatic rings. The van der Waals surface area contributed by atoms with Crippen LogP contribution >= 0.6 is 0 Å². The van der Waals surface area contributed by atoms with Gasteiger partial charge in [-0.05, 0) is 25.1 Å². The van der Waals surface area contributed by atoms with Crippen LogP contribution in [0.25, 0.3) is 10.9 Å². The molecule has 5 heteroatoms. The van der Waals surface area contributed by atoms with Crippen molar-refractivity contribution in [2.45, 2.75) is 19.8 Å². The number of rotatable bonds is 4. The summed E-state index contributed by atoms with van der Waals surface area (Å²) in [6.07, 6.45) is -0.306. The zero-order chi connectivity index (χ0) is 13.3.